The van der Waals surface area contributed by atoms with Crippen molar-refractivity contribution >= 4 is 32.8 Å². The maximum Gasteiger partial charge on any atom is 0.277 e. The lowest BCUT2D eigenvalue weighted by Crippen LogP contribution is -2.41. The lowest BCUT2D eigenvalue weighted by atomic mass is 9.88. The fourth-order valence-electron chi connectivity index (χ4n) is 5.99. The highest BCUT2D eigenvalue weighted by Crippen LogP contribution is 2.51. The Morgan fingerprint density at radius 2 is 1.82 bits per heavy atom. The van der Waals surface area contributed by atoms with Gasteiger partial charge in [-0.15, -0.1) is 0 Å². The van der Waals surface area contributed by atoms with Crippen LogP contribution < -0.4 is 20.7 Å². The first kappa shape index (κ1) is 29.4. The molecule has 4 aromatic rings. The molecule has 0 fully saturated rings. The molecule has 0 saturated carbocycles. The van der Waals surface area contributed by atoms with Gasteiger partial charge in [0.25, 0.3) is 5.91 Å². The number of nitrogens with two attached hydrogens (primary N) is 1. The Labute approximate surface area is 256 Å². The molecule has 1 amide bonds. The summed E-state index contributed by atoms with van der Waals surface area (Å²) in [5.74, 6) is -1.21. The predicted molar refractivity (Wildman–Crippen MR) is 169 cm³/mol. The topological polar surface area (TPSA) is 115 Å². The number of amides is 1. The Balaban J connectivity index is 1.56. The number of aromatic nitrogens is 1. The third kappa shape index (κ3) is 5.53. The molecule has 3 N–H and O–H groups in total. The number of carbonyl (C=O) groups is 1. The van der Waals surface area contributed by atoms with Gasteiger partial charge in [-0.2, -0.15) is 0 Å². The number of nitrogens with zero attached hydrogens (tertiary/aromatic N) is 2. The maximum atomic E-state index is 16.3. The number of rotatable bonds is 5. The molecular formula is C34H33FN4O4S. The number of hydrogen-bond donors (Lipinski definition) is 2. The molecule has 1 unspecified atom stereocenters. The molecule has 3 heterocycles. The van der Waals surface area contributed by atoms with Crippen LogP contribution in [0.25, 0.3) is 0 Å². The molecule has 0 radical (unpaired) electrons. The molecule has 1 atom stereocenters. The lowest BCUT2D eigenvalue weighted by molar-refractivity contribution is 0.0975. The standard InChI is InChI=1S/C34H33FN4O4S/c1-21-9-7-13-27(37-21)33(40)39-29-14-8-12-26(36)30(29)38-28-18-34(2,3)20-44(41,42)32(28)31(39)24-16-15-23(17-25(24)35)43-19-22-10-5-4-6-11-22/h4-17,31,38H,18-20,36H2,1-3H3. The van der Waals surface area contributed by atoms with Crippen LogP contribution >= 0.6 is 0 Å². The summed E-state index contributed by atoms with van der Waals surface area (Å²) in [4.78, 5) is 20.1. The number of aryl methyl sites for hydroxylation is 1. The van der Waals surface area contributed by atoms with Gasteiger partial charge in [0.1, 0.15) is 29.9 Å². The Bertz CT molecular complexity index is 1910. The molecule has 0 aliphatic carbocycles. The second-order valence-corrected chi connectivity index (χ2v) is 14.0. The zero-order valence-corrected chi connectivity index (χ0v) is 25.5. The summed E-state index contributed by atoms with van der Waals surface area (Å²) >= 11 is 0. The SMILES string of the molecule is Cc1cccc(C(=O)N2c3cccc(N)c3NC3=C(C2c2ccc(OCc4ccccc4)cc2F)S(=O)(=O)CC(C)(C)C3)n1. The van der Waals surface area contributed by atoms with E-state index in [-0.39, 0.29) is 34.3 Å². The van der Waals surface area contributed by atoms with E-state index in [2.05, 4.69) is 10.3 Å². The number of carbonyl (C=O) groups excluding carboxylic acids is 1. The Morgan fingerprint density at radius 1 is 1.07 bits per heavy atom. The van der Waals surface area contributed by atoms with Crippen LogP contribution in [0.4, 0.5) is 21.5 Å². The van der Waals surface area contributed by atoms with E-state index in [4.69, 9.17) is 10.5 Å². The number of allylic oxidation sites excluding steroid dienone is 1. The van der Waals surface area contributed by atoms with Crippen LogP contribution in [0.2, 0.25) is 0 Å². The van der Waals surface area contributed by atoms with Crippen LogP contribution in [-0.4, -0.2) is 25.1 Å². The number of sulfone groups is 1. The summed E-state index contributed by atoms with van der Waals surface area (Å²) in [6.07, 6.45) is 0.344. The molecule has 2 aliphatic heterocycles. The highest BCUT2D eigenvalue weighted by atomic mass is 32.2. The molecule has 0 bridgehead atoms. The summed E-state index contributed by atoms with van der Waals surface area (Å²) in [5, 5.41) is 3.27. The molecule has 8 nitrogen and oxygen atoms in total. The van der Waals surface area contributed by atoms with Gasteiger partial charge in [0.05, 0.1) is 27.7 Å². The quantitative estimate of drug-likeness (QED) is 0.245. The fraction of sp³-hybridized carbons (Fsp3) is 0.235. The summed E-state index contributed by atoms with van der Waals surface area (Å²) < 4.78 is 50.5. The molecule has 226 valence electrons. The molecule has 44 heavy (non-hydrogen) atoms. The van der Waals surface area contributed by atoms with Crippen molar-refractivity contribution in [3.05, 3.63) is 124 Å². The summed E-state index contributed by atoms with van der Waals surface area (Å²) in [6.45, 7) is 5.71. The van der Waals surface area contributed by atoms with Gasteiger partial charge in [-0.1, -0.05) is 56.3 Å². The fourth-order valence-corrected chi connectivity index (χ4v) is 8.35. The van der Waals surface area contributed by atoms with Crippen LogP contribution in [0.15, 0.2) is 95.5 Å². The number of fused-ring (bicyclic) bond motifs is 1. The number of anilines is 3. The van der Waals surface area contributed by atoms with E-state index < -0.39 is 33.0 Å². The number of para-hydroxylation sites is 1. The van der Waals surface area contributed by atoms with Gasteiger partial charge in [0.2, 0.25) is 0 Å². The maximum absolute atomic E-state index is 16.3. The van der Waals surface area contributed by atoms with Gasteiger partial charge in [-0.3, -0.25) is 9.69 Å². The summed E-state index contributed by atoms with van der Waals surface area (Å²) in [6, 6.07) is 22.5. The van der Waals surface area contributed by atoms with E-state index in [0.717, 1.165) is 5.56 Å². The van der Waals surface area contributed by atoms with Crippen molar-refractivity contribution < 1.29 is 22.3 Å². The van der Waals surface area contributed by atoms with Gasteiger partial charge in [0, 0.05) is 23.0 Å². The molecule has 0 saturated heterocycles. The summed E-state index contributed by atoms with van der Waals surface area (Å²) in [5.41, 5.74) is 8.80. The third-order valence-electron chi connectivity index (χ3n) is 7.83. The minimum atomic E-state index is -4.01. The monoisotopic (exact) mass is 612 g/mol. The Hall–Kier alpha value is -4.70. The average molecular weight is 613 g/mol. The minimum absolute atomic E-state index is 0.00548. The van der Waals surface area contributed by atoms with E-state index >= 15 is 4.39 Å². The number of hydrogen-bond acceptors (Lipinski definition) is 7. The van der Waals surface area contributed by atoms with Crippen LogP contribution in [0.3, 0.4) is 0 Å². The molecule has 1 aromatic heterocycles. The smallest absolute Gasteiger partial charge is 0.277 e. The number of benzene rings is 3. The highest BCUT2D eigenvalue weighted by molar-refractivity contribution is 7.95. The van der Waals surface area contributed by atoms with E-state index in [9.17, 15) is 13.2 Å². The van der Waals surface area contributed by atoms with Crippen molar-refractivity contribution in [1.29, 1.82) is 0 Å². The number of ether oxygens (including phenoxy) is 1. The highest BCUT2D eigenvalue weighted by Gasteiger charge is 2.48. The van der Waals surface area contributed by atoms with E-state index in [1.807, 2.05) is 44.2 Å². The molecule has 2 aliphatic rings. The van der Waals surface area contributed by atoms with Crippen molar-refractivity contribution in [2.24, 2.45) is 5.41 Å². The van der Waals surface area contributed by atoms with Crippen LogP contribution in [0.5, 0.6) is 5.75 Å². The van der Waals surface area contributed by atoms with Gasteiger partial charge < -0.3 is 15.8 Å². The van der Waals surface area contributed by atoms with Crippen molar-refractivity contribution in [2.45, 2.75) is 39.8 Å². The first-order valence-corrected chi connectivity index (χ1v) is 15.9. The largest absolute Gasteiger partial charge is 0.489 e. The molecular weight excluding hydrogens is 579 g/mol. The number of nitrogen functional groups attached to an aromatic ring is 1. The van der Waals surface area contributed by atoms with Crippen LogP contribution in [-0.2, 0) is 16.4 Å². The Kier molecular flexibility index (Phi) is 7.41. The van der Waals surface area contributed by atoms with Gasteiger partial charge >= 0.3 is 0 Å². The predicted octanol–water partition coefficient (Wildman–Crippen LogP) is 6.56. The Morgan fingerprint density at radius 3 is 2.55 bits per heavy atom. The molecule has 0 spiro atoms. The van der Waals surface area contributed by atoms with Crippen molar-refractivity contribution in [3.8, 4) is 5.75 Å². The zero-order valence-electron chi connectivity index (χ0n) is 24.7. The molecule has 3 aromatic carbocycles. The zero-order chi connectivity index (χ0) is 31.2. The first-order chi connectivity index (χ1) is 20.9. The summed E-state index contributed by atoms with van der Waals surface area (Å²) in [7, 11) is -4.01. The molecule has 6 rings (SSSR count). The number of pyridine rings is 1. The van der Waals surface area contributed by atoms with Crippen molar-refractivity contribution in [3.63, 3.8) is 0 Å². The van der Waals surface area contributed by atoms with Crippen LogP contribution in [0, 0.1) is 18.2 Å². The molecule has 10 heteroatoms. The van der Waals surface area contributed by atoms with Gasteiger partial charge in [-0.05, 0) is 60.7 Å². The van der Waals surface area contributed by atoms with Gasteiger partial charge in [-0.25, -0.2) is 17.8 Å². The third-order valence-corrected chi connectivity index (χ3v) is 10.1. The number of halogens is 1. The van der Waals surface area contributed by atoms with E-state index in [1.165, 1.54) is 17.0 Å². The van der Waals surface area contributed by atoms with Crippen molar-refractivity contribution in [1.82, 2.24) is 4.98 Å². The van der Waals surface area contributed by atoms with Crippen LogP contribution in [0.1, 0.15) is 53.6 Å². The second-order valence-electron chi connectivity index (χ2n) is 12.0. The lowest BCUT2D eigenvalue weighted by Gasteiger charge is -2.37. The normalized spacial score (nSPS) is 18.5. The number of nitrogens with one attached hydrogen (secondary N) is 1. The first-order valence-electron chi connectivity index (χ1n) is 14.3. The second kappa shape index (κ2) is 11.1. The minimum Gasteiger partial charge on any atom is -0.489 e. The van der Waals surface area contributed by atoms with E-state index in [0.29, 0.717) is 34.9 Å². The van der Waals surface area contributed by atoms with Crippen molar-refractivity contribution in [2.75, 3.05) is 21.7 Å². The average Bonchev–Trinajstić information content (AvgIpc) is 3.11. The van der Waals surface area contributed by atoms with Gasteiger partial charge in [0.15, 0.2) is 9.84 Å². The van der Waals surface area contributed by atoms with E-state index in [1.54, 1.807) is 49.4 Å².